The molecule has 1 aliphatic heterocycles. The minimum absolute atomic E-state index is 0.225. The van der Waals surface area contributed by atoms with E-state index < -0.39 is 24.5 Å². The van der Waals surface area contributed by atoms with E-state index in [2.05, 4.69) is 5.32 Å². The van der Waals surface area contributed by atoms with Crippen molar-refractivity contribution < 1.29 is 24.9 Å². The molecule has 0 saturated carbocycles. The largest absolute Gasteiger partial charge is 0.394 e. The summed E-state index contributed by atoms with van der Waals surface area (Å²) in [6, 6.07) is 0. The SMILES string of the molecule is CCCCC(=O)N[C@H]1O[C@H](CO)[C@@H](O)[C@H]1O. The quantitative estimate of drug-likeness (QED) is 0.474. The summed E-state index contributed by atoms with van der Waals surface area (Å²) < 4.78 is 5.10. The second-order valence-electron chi connectivity index (χ2n) is 3.93. The van der Waals surface area contributed by atoms with Crippen LogP contribution >= 0.6 is 0 Å². The molecule has 6 nitrogen and oxygen atoms in total. The Kier molecular flexibility index (Phi) is 5.14. The van der Waals surface area contributed by atoms with Crippen molar-refractivity contribution in [2.24, 2.45) is 0 Å². The Balaban J connectivity index is 2.40. The number of hydrogen-bond donors (Lipinski definition) is 4. The van der Waals surface area contributed by atoms with Gasteiger partial charge >= 0.3 is 0 Å². The Morgan fingerprint density at radius 1 is 1.38 bits per heavy atom. The summed E-state index contributed by atoms with van der Waals surface area (Å²) in [5.41, 5.74) is 0. The molecule has 0 radical (unpaired) electrons. The predicted molar refractivity (Wildman–Crippen MR) is 55.4 cm³/mol. The zero-order chi connectivity index (χ0) is 12.1. The monoisotopic (exact) mass is 233 g/mol. The van der Waals surface area contributed by atoms with Crippen molar-refractivity contribution in [3.05, 3.63) is 0 Å². The number of aliphatic hydroxyl groups is 3. The zero-order valence-corrected chi connectivity index (χ0v) is 9.30. The average Bonchev–Trinajstić information content (AvgIpc) is 2.54. The molecule has 1 saturated heterocycles. The van der Waals surface area contributed by atoms with Gasteiger partial charge in [0, 0.05) is 6.42 Å². The zero-order valence-electron chi connectivity index (χ0n) is 9.30. The maximum Gasteiger partial charge on any atom is 0.222 e. The Hall–Kier alpha value is -0.690. The molecule has 1 heterocycles. The average molecular weight is 233 g/mol. The molecule has 4 N–H and O–H groups in total. The second kappa shape index (κ2) is 6.15. The van der Waals surface area contributed by atoms with E-state index in [-0.39, 0.29) is 12.5 Å². The third kappa shape index (κ3) is 3.15. The van der Waals surface area contributed by atoms with Crippen LogP contribution in [-0.4, -0.2) is 52.4 Å². The maximum atomic E-state index is 11.4. The van der Waals surface area contributed by atoms with Gasteiger partial charge < -0.3 is 25.4 Å². The molecule has 1 aliphatic rings. The molecule has 16 heavy (non-hydrogen) atoms. The molecule has 1 rings (SSSR count). The molecule has 0 aromatic rings. The van der Waals surface area contributed by atoms with Crippen LogP contribution in [0.1, 0.15) is 26.2 Å². The molecule has 0 aromatic carbocycles. The van der Waals surface area contributed by atoms with Crippen LogP contribution in [0.15, 0.2) is 0 Å². The summed E-state index contributed by atoms with van der Waals surface area (Å²) in [7, 11) is 0. The topological polar surface area (TPSA) is 99.0 Å². The minimum Gasteiger partial charge on any atom is -0.394 e. The number of aliphatic hydroxyl groups excluding tert-OH is 3. The third-order valence-corrected chi connectivity index (χ3v) is 2.60. The van der Waals surface area contributed by atoms with Crippen LogP contribution in [-0.2, 0) is 9.53 Å². The lowest BCUT2D eigenvalue weighted by Gasteiger charge is -2.16. The smallest absolute Gasteiger partial charge is 0.222 e. The van der Waals surface area contributed by atoms with Crippen LogP contribution in [0.4, 0.5) is 0 Å². The number of carbonyl (C=O) groups is 1. The number of ether oxygens (including phenoxy) is 1. The summed E-state index contributed by atoms with van der Waals surface area (Å²) in [5.74, 6) is -0.225. The lowest BCUT2D eigenvalue weighted by Crippen LogP contribution is -2.43. The van der Waals surface area contributed by atoms with E-state index >= 15 is 0 Å². The lowest BCUT2D eigenvalue weighted by atomic mass is 10.1. The van der Waals surface area contributed by atoms with Gasteiger partial charge in [-0.1, -0.05) is 13.3 Å². The Morgan fingerprint density at radius 3 is 2.56 bits per heavy atom. The van der Waals surface area contributed by atoms with E-state index in [0.717, 1.165) is 12.8 Å². The first-order valence-electron chi connectivity index (χ1n) is 5.52. The van der Waals surface area contributed by atoms with Crippen LogP contribution in [0.2, 0.25) is 0 Å². The molecule has 0 unspecified atom stereocenters. The third-order valence-electron chi connectivity index (χ3n) is 2.60. The predicted octanol–water partition coefficient (Wildman–Crippen LogP) is -1.27. The highest BCUT2D eigenvalue weighted by molar-refractivity contribution is 5.76. The normalized spacial score (nSPS) is 34.0. The summed E-state index contributed by atoms with van der Waals surface area (Å²) in [4.78, 5) is 11.4. The van der Waals surface area contributed by atoms with E-state index in [1.807, 2.05) is 6.92 Å². The van der Waals surface area contributed by atoms with Gasteiger partial charge in [-0.15, -0.1) is 0 Å². The van der Waals surface area contributed by atoms with Crippen molar-refractivity contribution in [2.75, 3.05) is 6.61 Å². The van der Waals surface area contributed by atoms with Gasteiger partial charge in [-0.05, 0) is 6.42 Å². The molecule has 6 heteroatoms. The molecule has 1 amide bonds. The van der Waals surface area contributed by atoms with Gasteiger partial charge in [-0.25, -0.2) is 0 Å². The van der Waals surface area contributed by atoms with Crippen LogP contribution < -0.4 is 5.32 Å². The number of unbranched alkanes of at least 4 members (excludes halogenated alkanes) is 1. The van der Waals surface area contributed by atoms with Gasteiger partial charge in [0.2, 0.25) is 5.91 Å². The van der Waals surface area contributed by atoms with Gasteiger partial charge in [-0.3, -0.25) is 4.79 Å². The summed E-state index contributed by atoms with van der Waals surface area (Å²) >= 11 is 0. The van der Waals surface area contributed by atoms with E-state index in [9.17, 15) is 15.0 Å². The molecule has 0 bridgehead atoms. The molecule has 0 aromatic heterocycles. The van der Waals surface area contributed by atoms with Crippen LogP contribution in [0.5, 0.6) is 0 Å². The van der Waals surface area contributed by atoms with Crippen LogP contribution in [0.3, 0.4) is 0 Å². The number of rotatable bonds is 5. The van der Waals surface area contributed by atoms with Gasteiger partial charge in [0.1, 0.15) is 18.3 Å². The number of hydrogen-bond acceptors (Lipinski definition) is 5. The maximum absolute atomic E-state index is 11.4. The van der Waals surface area contributed by atoms with E-state index in [4.69, 9.17) is 9.84 Å². The van der Waals surface area contributed by atoms with E-state index in [1.54, 1.807) is 0 Å². The second-order valence-corrected chi connectivity index (χ2v) is 3.93. The van der Waals surface area contributed by atoms with Crippen molar-refractivity contribution in [3.8, 4) is 0 Å². The number of nitrogens with one attached hydrogen (secondary N) is 1. The minimum atomic E-state index is -1.19. The summed E-state index contributed by atoms with van der Waals surface area (Å²) in [6.07, 6.45) is -2.10. The summed E-state index contributed by atoms with van der Waals surface area (Å²) in [5, 5.41) is 30.3. The van der Waals surface area contributed by atoms with Crippen molar-refractivity contribution in [2.45, 2.75) is 50.7 Å². The first-order valence-corrected chi connectivity index (χ1v) is 5.52. The van der Waals surface area contributed by atoms with Crippen molar-refractivity contribution in [1.29, 1.82) is 0 Å². The van der Waals surface area contributed by atoms with Crippen molar-refractivity contribution in [1.82, 2.24) is 5.32 Å². The van der Waals surface area contributed by atoms with E-state index in [1.165, 1.54) is 0 Å². The fraction of sp³-hybridized carbons (Fsp3) is 0.900. The molecule has 0 aliphatic carbocycles. The van der Waals surface area contributed by atoms with Crippen LogP contribution in [0, 0.1) is 0 Å². The van der Waals surface area contributed by atoms with Gasteiger partial charge in [0.25, 0.3) is 0 Å². The van der Waals surface area contributed by atoms with Gasteiger partial charge in [0.15, 0.2) is 6.23 Å². The summed E-state index contributed by atoms with van der Waals surface area (Å²) in [6.45, 7) is 1.58. The molecule has 0 spiro atoms. The fourth-order valence-electron chi connectivity index (χ4n) is 1.59. The highest BCUT2D eigenvalue weighted by Crippen LogP contribution is 2.19. The molecule has 94 valence electrons. The van der Waals surface area contributed by atoms with Gasteiger partial charge in [-0.2, -0.15) is 0 Å². The standard InChI is InChI=1S/C10H19NO5/c1-2-3-4-7(13)11-10-9(15)8(14)6(5-12)16-10/h6,8-10,12,14-15H,2-5H2,1H3,(H,11,13)/t6-,8-,9-,10+/m1/s1. The molecular formula is C10H19NO5. The molecular weight excluding hydrogens is 214 g/mol. The van der Waals surface area contributed by atoms with Crippen molar-refractivity contribution >= 4 is 5.91 Å². The molecule has 4 atom stereocenters. The number of carbonyl (C=O) groups excluding carboxylic acids is 1. The first kappa shape index (κ1) is 13.4. The lowest BCUT2D eigenvalue weighted by molar-refractivity contribution is -0.127. The van der Waals surface area contributed by atoms with E-state index in [0.29, 0.717) is 6.42 Å². The Morgan fingerprint density at radius 2 is 2.06 bits per heavy atom. The fourth-order valence-corrected chi connectivity index (χ4v) is 1.59. The Labute approximate surface area is 94.2 Å². The number of amides is 1. The van der Waals surface area contributed by atoms with Crippen LogP contribution in [0.25, 0.3) is 0 Å². The highest BCUT2D eigenvalue weighted by Gasteiger charge is 2.42. The highest BCUT2D eigenvalue weighted by atomic mass is 16.6. The Bertz CT molecular complexity index is 235. The van der Waals surface area contributed by atoms with Gasteiger partial charge in [0.05, 0.1) is 6.61 Å². The van der Waals surface area contributed by atoms with Crippen molar-refractivity contribution in [3.63, 3.8) is 0 Å². The first-order chi connectivity index (χ1) is 7.60. The molecule has 1 fully saturated rings.